The molecule has 5 heteroatoms. The average Bonchev–Trinajstić information content (AvgIpc) is 2.40. The maximum atomic E-state index is 13.5. The number of hydrogen-bond acceptors (Lipinski definition) is 4. The molecule has 1 atom stereocenters. The minimum absolute atomic E-state index is 0.209. The van der Waals surface area contributed by atoms with Crippen molar-refractivity contribution < 1.29 is 13.9 Å². The molecule has 4 nitrogen and oxygen atoms in total. The fraction of sp³-hybridized carbons (Fsp3) is 0.571. The van der Waals surface area contributed by atoms with Crippen LogP contribution in [0.1, 0.15) is 19.3 Å². The zero-order valence-corrected chi connectivity index (χ0v) is 11.5. The largest absolute Gasteiger partial charge is 0.494 e. The summed E-state index contributed by atoms with van der Waals surface area (Å²) in [5, 5.41) is 0. The quantitative estimate of drug-likeness (QED) is 0.852. The number of hydrogen-bond donors (Lipinski definition) is 1. The van der Waals surface area contributed by atoms with Crippen LogP contribution in [0.3, 0.4) is 0 Å². The van der Waals surface area contributed by atoms with Crippen molar-refractivity contribution in [2.45, 2.75) is 25.4 Å². The second kappa shape index (κ2) is 6.10. The molecule has 1 aliphatic heterocycles. The van der Waals surface area contributed by atoms with Crippen molar-refractivity contribution in [3.63, 3.8) is 0 Å². The number of nitrogens with zero attached hydrogens (tertiary/aromatic N) is 1. The molecule has 106 valence electrons. The monoisotopic (exact) mass is 268 g/mol. The summed E-state index contributed by atoms with van der Waals surface area (Å²) in [7, 11) is 3.38. The van der Waals surface area contributed by atoms with Gasteiger partial charge in [-0.15, -0.1) is 0 Å². The molecule has 0 aromatic heterocycles. The van der Waals surface area contributed by atoms with Gasteiger partial charge in [-0.3, -0.25) is 0 Å². The van der Waals surface area contributed by atoms with Crippen LogP contribution in [0.15, 0.2) is 12.1 Å². The Balaban J connectivity index is 2.11. The molecule has 1 aliphatic rings. The number of nitrogen functional groups attached to an aromatic ring is 1. The number of rotatable bonds is 4. The Bertz CT molecular complexity index is 434. The lowest BCUT2D eigenvalue weighted by Gasteiger charge is -2.29. The number of anilines is 2. The zero-order valence-electron chi connectivity index (χ0n) is 11.5. The lowest BCUT2D eigenvalue weighted by molar-refractivity contribution is 0.0216. The van der Waals surface area contributed by atoms with E-state index in [1.54, 1.807) is 6.07 Å². The van der Waals surface area contributed by atoms with E-state index in [1.165, 1.54) is 19.6 Å². The fourth-order valence-corrected chi connectivity index (χ4v) is 2.40. The van der Waals surface area contributed by atoms with Gasteiger partial charge in [0.2, 0.25) is 0 Å². The van der Waals surface area contributed by atoms with E-state index in [0.717, 1.165) is 31.7 Å². The molecule has 1 unspecified atom stereocenters. The van der Waals surface area contributed by atoms with E-state index in [-0.39, 0.29) is 11.9 Å². The molecule has 1 aromatic carbocycles. The van der Waals surface area contributed by atoms with Crippen LogP contribution in [0.5, 0.6) is 5.75 Å². The summed E-state index contributed by atoms with van der Waals surface area (Å²) in [4.78, 5) is 1.99. The van der Waals surface area contributed by atoms with Crippen LogP contribution in [-0.2, 0) is 4.74 Å². The van der Waals surface area contributed by atoms with Gasteiger partial charge in [0, 0.05) is 32.3 Å². The van der Waals surface area contributed by atoms with E-state index in [4.69, 9.17) is 15.2 Å². The summed E-state index contributed by atoms with van der Waals surface area (Å²) in [5.74, 6) is -0.230. The summed E-state index contributed by atoms with van der Waals surface area (Å²) in [6.07, 6.45) is 3.60. The summed E-state index contributed by atoms with van der Waals surface area (Å²) in [6.45, 7) is 1.57. The van der Waals surface area contributed by atoms with Crippen molar-refractivity contribution in [3.8, 4) is 5.75 Å². The highest BCUT2D eigenvalue weighted by Gasteiger charge is 2.18. The molecule has 1 aromatic rings. The fourth-order valence-electron chi connectivity index (χ4n) is 2.40. The van der Waals surface area contributed by atoms with E-state index in [2.05, 4.69) is 0 Å². The first-order valence-electron chi connectivity index (χ1n) is 6.57. The van der Waals surface area contributed by atoms with Gasteiger partial charge < -0.3 is 20.1 Å². The van der Waals surface area contributed by atoms with Crippen LogP contribution in [0.25, 0.3) is 0 Å². The second-order valence-electron chi connectivity index (χ2n) is 4.91. The van der Waals surface area contributed by atoms with Gasteiger partial charge >= 0.3 is 0 Å². The predicted octanol–water partition coefficient (Wildman–Crippen LogP) is 2.42. The molecule has 19 heavy (non-hydrogen) atoms. The topological polar surface area (TPSA) is 47.7 Å². The lowest BCUT2D eigenvalue weighted by atomic mass is 10.1. The van der Waals surface area contributed by atoms with Gasteiger partial charge in [-0.05, 0) is 19.3 Å². The summed E-state index contributed by atoms with van der Waals surface area (Å²) in [5.41, 5.74) is 7.06. The minimum Gasteiger partial charge on any atom is -0.494 e. The summed E-state index contributed by atoms with van der Waals surface area (Å²) < 4.78 is 24.2. The maximum Gasteiger partial charge on any atom is 0.167 e. The third kappa shape index (κ3) is 3.29. The Morgan fingerprint density at radius 2 is 2.26 bits per heavy atom. The molecule has 1 heterocycles. The molecule has 2 rings (SSSR count). The zero-order chi connectivity index (χ0) is 13.8. The van der Waals surface area contributed by atoms with Gasteiger partial charge in [0.1, 0.15) is 0 Å². The number of benzene rings is 1. The van der Waals surface area contributed by atoms with Gasteiger partial charge in [0.05, 0.1) is 24.6 Å². The van der Waals surface area contributed by atoms with Crippen LogP contribution in [0.4, 0.5) is 15.8 Å². The molecular weight excluding hydrogens is 247 g/mol. The molecule has 1 fully saturated rings. The van der Waals surface area contributed by atoms with E-state index in [1.807, 2.05) is 11.9 Å². The Morgan fingerprint density at radius 3 is 2.89 bits per heavy atom. The van der Waals surface area contributed by atoms with E-state index in [0.29, 0.717) is 5.69 Å². The van der Waals surface area contributed by atoms with Crippen molar-refractivity contribution in [1.29, 1.82) is 0 Å². The predicted molar refractivity (Wildman–Crippen MR) is 74.2 cm³/mol. The Labute approximate surface area is 113 Å². The SMILES string of the molecule is COc1cc(N(C)CC2CCCCO2)c(N)cc1F. The third-order valence-electron chi connectivity index (χ3n) is 3.46. The van der Waals surface area contributed by atoms with Gasteiger partial charge in [0.15, 0.2) is 11.6 Å². The summed E-state index contributed by atoms with van der Waals surface area (Å²) in [6, 6.07) is 2.93. The van der Waals surface area contributed by atoms with Crippen LogP contribution < -0.4 is 15.4 Å². The first kappa shape index (κ1) is 13.9. The number of likely N-dealkylation sites (N-methyl/N-ethyl adjacent to an activating group) is 1. The second-order valence-corrected chi connectivity index (χ2v) is 4.91. The van der Waals surface area contributed by atoms with Crippen LogP contribution >= 0.6 is 0 Å². The molecule has 0 saturated carbocycles. The highest BCUT2D eigenvalue weighted by Crippen LogP contribution is 2.31. The number of nitrogens with two attached hydrogens (primary N) is 1. The first-order valence-corrected chi connectivity index (χ1v) is 6.57. The Morgan fingerprint density at radius 1 is 1.47 bits per heavy atom. The van der Waals surface area contributed by atoms with Gasteiger partial charge in [-0.2, -0.15) is 0 Å². The molecular formula is C14H21FN2O2. The standard InChI is InChI=1S/C14H21FN2O2/c1-17(9-10-5-3-4-6-19-10)13-8-14(18-2)11(15)7-12(13)16/h7-8,10H,3-6,9,16H2,1-2H3. The molecule has 0 spiro atoms. The normalized spacial score (nSPS) is 19.2. The van der Waals surface area contributed by atoms with Crippen molar-refractivity contribution in [1.82, 2.24) is 0 Å². The van der Waals surface area contributed by atoms with E-state index >= 15 is 0 Å². The van der Waals surface area contributed by atoms with Crippen molar-refractivity contribution in [3.05, 3.63) is 17.9 Å². The molecule has 1 saturated heterocycles. The highest BCUT2D eigenvalue weighted by molar-refractivity contribution is 5.69. The number of halogens is 1. The van der Waals surface area contributed by atoms with Gasteiger partial charge in [-0.25, -0.2) is 4.39 Å². The van der Waals surface area contributed by atoms with Gasteiger partial charge in [0.25, 0.3) is 0 Å². The van der Waals surface area contributed by atoms with Crippen LogP contribution in [0, 0.1) is 5.82 Å². The maximum absolute atomic E-state index is 13.5. The van der Waals surface area contributed by atoms with E-state index in [9.17, 15) is 4.39 Å². The third-order valence-corrected chi connectivity index (χ3v) is 3.46. The van der Waals surface area contributed by atoms with Crippen LogP contribution in [0.2, 0.25) is 0 Å². The van der Waals surface area contributed by atoms with Crippen molar-refractivity contribution in [2.75, 3.05) is 37.9 Å². The molecule has 0 radical (unpaired) electrons. The van der Waals surface area contributed by atoms with Crippen molar-refractivity contribution >= 4 is 11.4 Å². The minimum atomic E-state index is -0.439. The smallest absolute Gasteiger partial charge is 0.167 e. The average molecular weight is 268 g/mol. The number of methoxy groups -OCH3 is 1. The van der Waals surface area contributed by atoms with E-state index < -0.39 is 5.82 Å². The van der Waals surface area contributed by atoms with Gasteiger partial charge in [-0.1, -0.05) is 0 Å². The molecule has 2 N–H and O–H groups in total. The number of ether oxygens (including phenoxy) is 2. The molecule has 0 amide bonds. The highest BCUT2D eigenvalue weighted by atomic mass is 19.1. The van der Waals surface area contributed by atoms with Crippen molar-refractivity contribution in [2.24, 2.45) is 0 Å². The lowest BCUT2D eigenvalue weighted by Crippen LogP contribution is -2.33. The Hall–Kier alpha value is -1.49. The van der Waals surface area contributed by atoms with Crippen LogP contribution in [-0.4, -0.2) is 33.4 Å². The molecule has 0 aliphatic carbocycles. The molecule has 0 bridgehead atoms. The first-order chi connectivity index (χ1) is 9.11. The summed E-state index contributed by atoms with van der Waals surface area (Å²) >= 11 is 0. The Kier molecular flexibility index (Phi) is 4.47.